The highest BCUT2D eigenvalue weighted by Crippen LogP contribution is 2.83. The quantitative estimate of drug-likeness (QED) is 0.122. The van der Waals surface area contributed by atoms with Crippen molar-refractivity contribution >= 4 is 24.0 Å². The topological polar surface area (TPSA) is 216 Å². The van der Waals surface area contributed by atoms with Crippen LogP contribution in [0.15, 0.2) is 23.5 Å². The van der Waals surface area contributed by atoms with E-state index < -0.39 is 95.0 Å². The van der Waals surface area contributed by atoms with Crippen LogP contribution in [0.3, 0.4) is 0 Å². The molecule has 14 heteroatoms. The molecule has 0 aromatic heterocycles. The van der Waals surface area contributed by atoms with Crippen LogP contribution >= 0.6 is 0 Å². The van der Waals surface area contributed by atoms with Crippen LogP contribution in [0.1, 0.15) is 53.4 Å². The highest BCUT2D eigenvalue weighted by Gasteiger charge is 2.85. The van der Waals surface area contributed by atoms with E-state index in [1.807, 2.05) is 19.9 Å². The van der Waals surface area contributed by atoms with Crippen LogP contribution < -0.4 is 0 Å². The Hall–Kier alpha value is -2.72. The monoisotopic (exact) mass is 692 g/mol. The van der Waals surface area contributed by atoms with Crippen LogP contribution in [0.2, 0.25) is 0 Å². The number of aliphatic hydroxyl groups is 5. The van der Waals surface area contributed by atoms with E-state index in [1.165, 1.54) is 21.1 Å². The Bertz CT molecular complexity index is 1450. The molecule has 0 amide bonds. The summed E-state index contributed by atoms with van der Waals surface area (Å²) in [5.74, 6) is -3.79. The molecule has 1 aliphatic heterocycles. The lowest BCUT2D eigenvalue weighted by Crippen LogP contribution is -2.66. The maximum atomic E-state index is 15.2. The zero-order chi connectivity index (χ0) is 36.0. The van der Waals surface area contributed by atoms with Crippen molar-refractivity contribution in [1.82, 2.24) is 0 Å². The van der Waals surface area contributed by atoms with Gasteiger partial charge in [0.1, 0.15) is 47.5 Å². The number of carbonyl (C=O) groups excluding carboxylic acids is 4. The third kappa shape index (κ3) is 4.63. The van der Waals surface area contributed by atoms with Crippen molar-refractivity contribution in [1.29, 1.82) is 0 Å². The van der Waals surface area contributed by atoms with Gasteiger partial charge in [-0.3, -0.25) is 9.59 Å². The molecule has 15 unspecified atom stereocenters. The van der Waals surface area contributed by atoms with Crippen LogP contribution in [-0.2, 0) is 42.9 Å². The Labute approximate surface area is 284 Å². The second kappa shape index (κ2) is 12.2. The summed E-state index contributed by atoms with van der Waals surface area (Å²) in [6, 6.07) is 0. The van der Waals surface area contributed by atoms with E-state index >= 15 is 4.79 Å². The normalized spacial score (nSPS) is 48.5. The van der Waals surface area contributed by atoms with Crippen molar-refractivity contribution in [3.05, 3.63) is 23.5 Å². The minimum atomic E-state index is -2.28. The zero-order valence-electron chi connectivity index (χ0n) is 28.6. The third-order valence-electron chi connectivity index (χ3n) is 13.0. The first-order valence-electron chi connectivity index (χ1n) is 17.0. The number of ketones is 1. The molecule has 0 aromatic carbocycles. The highest BCUT2D eigenvalue weighted by atomic mass is 16.7. The lowest BCUT2D eigenvalue weighted by Gasteiger charge is -2.59. The van der Waals surface area contributed by atoms with E-state index in [4.69, 9.17) is 23.7 Å². The minimum absolute atomic E-state index is 0.0189. The van der Waals surface area contributed by atoms with E-state index in [0.29, 0.717) is 18.4 Å². The molecule has 5 N–H and O–H groups in total. The van der Waals surface area contributed by atoms with Crippen molar-refractivity contribution in [3.8, 4) is 0 Å². The molecule has 272 valence electrons. The summed E-state index contributed by atoms with van der Waals surface area (Å²) in [7, 11) is 2.43. The van der Waals surface area contributed by atoms with Crippen LogP contribution in [0.25, 0.3) is 0 Å². The second-order valence-corrected chi connectivity index (χ2v) is 15.5. The van der Waals surface area contributed by atoms with Gasteiger partial charge < -0.3 is 54.0 Å². The number of ether oxygens (including phenoxy) is 5. The van der Waals surface area contributed by atoms with Crippen molar-refractivity contribution in [2.75, 3.05) is 20.8 Å². The molecule has 1 heterocycles. The number of hydrogen-bond acceptors (Lipinski definition) is 14. The van der Waals surface area contributed by atoms with Crippen LogP contribution in [0.4, 0.5) is 0 Å². The standard InChI is InChI=1S/C35H48O14/c1-15(2)20-9-17-11-33(13-36)19-8-7-16(3)18(19)12-34(17,14-47-30(42)26-23(38)25(46-6)24(39)29(41)48-26)35(20,33)31(43)49-28-21(37)10-22(45-5)27(40)32(28,4)44/h9-10,13,15-19,23-29,38-41,44H,7-8,11-12,14H2,1-6H3. The van der Waals surface area contributed by atoms with Crippen molar-refractivity contribution in [3.63, 3.8) is 0 Å². The number of allylic oxidation sites excluding steroid dienone is 1. The summed E-state index contributed by atoms with van der Waals surface area (Å²) in [6.45, 7) is 6.62. The number of aliphatic hydroxyl groups excluding tert-OH is 4. The summed E-state index contributed by atoms with van der Waals surface area (Å²) in [5.41, 5.74) is -5.95. The predicted molar refractivity (Wildman–Crippen MR) is 166 cm³/mol. The Morgan fingerprint density at radius 3 is 2.41 bits per heavy atom. The van der Waals surface area contributed by atoms with Gasteiger partial charge in [-0.2, -0.15) is 0 Å². The first-order chi connectivity index (χ1) is 23.0. The van der Waals surface area contributed by atoms with E-state index in [1.54, 1.807) is 0 Å². The first-order valence-corrected chi connectivity index (χ1v) is 17.0. The maximum Gasteiger partial charge on any atom is 0.338 e. The fourth-order valence-electron chi connectivity index (χ4n) is 10.8. The molecular weight excluding hydrogens is 644 g/mol. The molecule has 0 spiro atoms. The fourth-order valence-corrected chi connectivity index (χ4v) is 10.8. The van der Waals surface area contributed by atoms with Crippen molar-refractivity contribution in [2.45, 2.75) is 102 Å². The molecule has 0 radical (unpaired) electrons. The zero-order valence-corrected chi connectivity index (χ0v) is 28.6. The number of hydrogen-bond donors (Lipinski definition) is 5. The lowest BCUT2D eigenvalue weighted by atomic mass is 9.43. The van der Waals surface area contributed by atoms with Gasteiger partial charge in [0.15, 0.2) is 18.5 Å². The Morgan fingerprint density at radius 2 is 1.80 bits per heavy atom. The fraction of sp³-hybridized carbons (Fsp3) is 0.771. The van der Waals surface area contributed by atoms with E-state index in [9.17, 15) is 39.9 Å². The number of aldehydes is 1. The minimum Gasteiger partial charge on any atom is -0.498 e. The smallest absolute Gasteiger partial charge is 0.338 e. The number of esters is 2. The summed E-state index contributed by atoms with van der Waals surface area (Å²) < 4.78 is 27.4. The Morgan fingerprint density at radius 1 is 1.10 bits per heavy atom. The number of methoxy groups -OCH3 is 2. The van der Waals surface area contributed by atoms with Crippen LogP contribution in [0, 0.1) is 45.8 Å². The molecule has 4 fully saturated rings. The molecule has 14 nitrogen and oxygen atoms in total. The summed E-state index contributed by atoms with van der Waals surface area (Å²) in [4.78, 5) is 56.0. The Balaban J connectivity index is 1.45. The molecule has 6 rings (SSSR count). The Kier molecular flexibility index (Phi) is 8.99. The average molecular weight is 693 g/mol. The van der Waals surface area contributed by atoms with Gasteiger partial charge in [0.05, 0.1) is 19.1 Å². The van der Waals surface area contributed by atoms with Gasteiger partial charge >= 0.3 is 11.9 Å². The molecule has 4 bridgehead atoms. The molecule has 5 aliphatic carbocycles. The van der Waals surface area contributed by atoms with Gasteiger partial charge in [-0.25, -0.2) is 4.79 Å². The van der Waals surface area contributed by atoms with E-state index in [0.717, 1.165) is 18.8 Å². The van der Waals surface area contributed by atoms with Crippen molar-refractivity contribution < 1.29 is 68.4 Å². The second-order valence-electron chi connectivity index (χ2n) is 15.5. The van der Waals surface area contributed by atoms with Gasteiger partial charge in [-0.15, -0.1) is 0 Å². The summed E-state index contributed by atoms with van der Waals surface area (Å²) >= 11 is 0. The van der Waals surface area contributed by atoms with Crippen LogP contribution in [-0.4, -0.2) is 119 Å². The average Bonchev–Trinajstić information content (AvgIpc) is 3.63. The van der Waals surface area contributed by atoms with E-state index in [-0.39, 0.29) is 35.9 Å². The molecule has 0 aromatic rings. The largest absolute Gasteiger partial charge is 0.498 e. The van der Waals surface area contributed by atoms with Gasteiger partial charge in [0.2, 0.25) is 5.78 Å². The SMILES string of the molecule is COC1=CC(=O)C(OC(=O)C23C(C(C)C)=CC4CC2(C=O)C2CCC(C)C2CC43COC(=O)C2OC(O)C(O)C(OC)C2O)C(C)(O)C1O. The number of fused-ring (bicyclic) bond motifs is 2. The summed E-state index contributed by atoms with van der Waals surface area (Å²) in [5, 5.41) is 53.6. The van der Waals surface area contributed by atoms with Gasteiger partial charge in [-0.05, 0) is 55.8 Å². The molecule has 3 saturated carbocycles. The maximum absolute atomic E-state index is 15.2. The molecule has 6 aliphatic rings. The van der Waals surface area contributed by atoms with Crippen molar-refractivity contribution in [2.24, 2.45) is 45.8 Å². The number of rotatable bonds is 9. The molecule has 15 atom stereocenters. The highest BCUT2D eigenvalue weighted by molar-refractivity contribution is 5.99. The van der Waals surface area contributed by atoms with E-state index in [2.05, 4.69) is 6.92 Å². The van der Waals surface area contributed by atoms with Gasteiger partial charge in [-0.1, -0.05) is 38.8 Å². The molecular formula is C35H48O14. The van der Waals surface area contributed by atoms with Gasteiger partial charge in [0.25, 0.3) is 0 Å². The number of carbonyl (C=O) groups is 4. The molecule has 1 saturated heterocycles. The first kappa shape index (κ1) is 36.1. The van der Waals surface area contributed by atoms with Crippen LogP contribution in [0.5, 0.6) is 0 Å². The van der Waals surface area contributed by atoms with Gasteiger partial charge in [0, 0.05) is 18.6 Å². The third-order valence-corrected chi connectivity index (χ3v) is 13.0. The molecule has 49 heavy (non-hydrogen) atoms. The summed E-state index contributed by atoms with van der Waals surface area (Å²) in [6.07, 6.45) is -5.95. The predicted octanol–water partition coefficient (Wildman–Crippen LogP) is -0.0397. The lowest BCUT2D eigenvalue weighted by molar-refractivity contribution is -0.286.